The number of rotatable bonds is 2. The molecular weight excluding hydrogens is 298 g/mol. The van der Waals surface area contributed by atoms with E-state index in [9.17, 15) is 0 Å². The van der Waals surface area contributed by atoms with E-state index in [1.54, 1.807) is 0 Å². The third kappa shape index (κ3) is 2.93. The summed E-state index contributed by atoms with van der Waals surface area (Å²) in [5, 5.41) is 9.35. The van der Waals surface area contributed by atoms with Crippen LogP contribution in [0, 0.1) is 27.7 Å². The summed E-state index contributed by atoms with van der Waals surface area (Å²) in [5.41, 5.74) is 19.4. The van der Waals surface area contributed by atoms with Crippen molar-refractivity contribution in [2.75, 3.05) is 5.73 Å². The minimum Gasteiger partial charge on any atom is -0.396 e. The molecule has 0 bridgehead atoms. The van der Waals surface area contributed by atoms with Crippen LogP contribution in [0.15, 0.2) is 35.3 Å². The molecule has 4 N–H and O–H groups in total. The van der Waals surface area contributed by atoms with E-state index in [-0.39, 0.29) is 5.84 Å². The summed E-state index contributed by atoms with van der Waals surface area (Å²) in [6, 6.07) is 10.1. The van der Waals surface area contributed by atoms with Crippen LogP contribution < -0.4 is 11.5 Å². The molecule has 1 heterocycles. The molecule has 0 aliphatic heterocycles. The highest BCUT2D eigenvalue weighted by atomic mass is 15.1. The van der Waals surface area contributed by atoms with Crippen LogP contribution in [0.5, 0.6) is 0 Å². The van der Waals surface area contributed by atoms with Gasteiger partial charge in [0.25, 0.3) is 0 Å². The third-order valence-electron chi connectivity index (χ3n) is 3.94. The maximum atomic E-state index is 6.32. The number of nitrogens with two attached hydrogens (primary N) is 2. The highest BCUT2D eigenvalue weighted by Crippen LogP contribution is 2.27. The van der Waals surface area contributed by atoms with Gasteiger partial charge in [0, 0.05) is 5.39 Å². The molecule has 3 rings (SSSR count). The van der Waals surface area contributed by atoms with Crippen molar-refractivity contribution in [3.63, 3.8) is 0 Å². The topological polar surface area (TPSA) is 90.2 Å². The third-order valence-corrected chi connectivity index (χ3v) is 3.94. The fourth-order valence-electron chi connectivity index (χ4n) is 3.05. The quantitative estimate of drug-likeness (QED) is 0.559. The largest absolute Gasteiger partial charge is 0.396 e. The Labute approximate surface area is 141 Å². The second-order valence-corrected chi connectivity index (χ2v) is 6.28. The average Bonchev–Trinajstić information content (AvgIpc) is 2.45. The van der Waals surface area contributed by atoms with Gasteiger partial charge in [0.15, 0.2) is 11.5 Å². The molecule has 0 radical (unpaired) electrons. The minimum atomic E-state index is 0.270. The van der Waals surface area contributed by atoms with Crippen molar-refractivity contribution in [1.29, 1.82) is 0 Å². The fraction of sp³-hybridized carbons (Fsp3) is 0.211. The molecule has 0 atom stereocenters. The van der Waals surface area contributed by atoms with E-state index in [1.807, 2.05) is 45.9 Å². The standard InChI is InChI=1S/C19H21N5/c1-10-5-11(2)8-14(7-10)22-19(21)18-17(20)16-13(4)6-12(3)9-15(16)23-24-18/h5-9H,1-4H3,(H2,20,23)(H2,21,22). The van der Waals surface area contributed by atoms with E-state index in [2.05, 4.69) is 27.3 Å². The Balaban J connectivity index is 2.15. The zero-order valence-electron chi connectivity index (χ0n) is 14.4. The van der Waals surface area contributed by atoms with Crippen molar-refractivity contribution in [3.8, 4) is 0 Å². The number of nitrogens with zero attached hydrogens (tertiary/aromatic N) is 3. The average molecular weight is 319 g/mol. The van der Waals surface area contributed by atoms with Gasteiger partial charge in [-0.3, -0.25) is 0 Å². The Morgan fingerprint density at radius 1 is 0.875 bits per heavy atom. The summed E-state index contributed by atoms with van der Waals surface area (Å²) in [7, 11) is 0. The first kappa shape index (κ1) is 15.9. The molecule has 122 valence electrons. The Hall–Kier alpha value is -2.95. The van der Waals surface area contributed by atoms with Crippen LogP contribution in [0.3, 0.4) is 0 Å². The molecule has 0 fully saturated rings. The summed E-state index contributed by atoms with van der Waals surface area (Å²) >= 11 is 0. The van der Waals surface area contributed by atoms with Gasteiger partial charge in [-0.15, -0.1) is 10.2 Å². The van der Waals surface area contributed by atoms with Crippen molar-refractivity contribution in [1.82, 2.24) is 10.2 Å². The summed E-state index contributed by atoms with van der Waals surface area (Å²) in [5.74, 6) is 0.270. The summed E-state index contributed by atoms with van der Waals surface area (Å²) in [4.78, 5) is 4.48. The number of aliphatic imine (C=N–C) groups is 1. The molecule has 0 aliphatic carbocycles. The second kappa shape index (κ2) is 5.92. The van der Waals surface area contributed by atoms with Crippen molar-refractivity contribution < 1.29 is 0 Å². The molecule has 1 aromatic heterocycles. The van der Waals surface area contributed by atoms with Crippen LogP contribution in [0.2, 0.25) is 0 Å². The van der Waals surface area contributed by atoms with Gasteiger partial charge in [-0.25, -0.2) is 4.99 Å². The van der Waals surface area contributed by atoms with Crippen molar-refractivity contribution >= 4 is 28.1 Å². The van der Waals surface area contributed by atoms with Gasteiger partial charge in [0.2, 0.25) is 0 Å². The molecule has 0 spiro atoms. The number of amidine groups is 1. The number of benzene rings is 2. The van der Waals surface area contributed by atoms with Crippen LogP contribution >= 0.6 is 0 Å². The van der Waals surface area contributed by atoms with Crippen molar-refractivity contribution in [2.24, 2.45) is 10.7 Å². The van der Waals surface area contributed by atoms with Gasteiger partial charge in [0.05, 0.1) is 16.9 Å². The normalized spacial score (nSPS) is 11.9. The molecular formula is C19H21N5. The van der Waals surface area contributed by atoms with Crippen molar-refractivity contribution in [2.45, 2.75) is 27.7 Å². The summed E-state index contributed by atoms with van der Waals surface area (Å²) in [6.07, 6.45) is 0. The lowest BCUT2D eigenvalue weighted by atomic mass is 10.0. The maximum Gasteiger partial charge on any atom is 0.154 e. The van der Waals surface area contributed by atoms with Gasteiger partial charge >= 0.3 is 0 Å². The number of hydrogen-bond donors (Lipinski definition) is 2. The van der Waals surface area contributed by atoms with Crippen LogP contribution in [0.1, 0.15) is 27.9 Å². The molecule has 5 heteroatoms. The number of fused-ring (bicyclic) bond motifs is 1. The second-order valence-electron chi connectivity index (χ2n) is 6.28. The first-order valence-corrected chi connectivity index (χ1v) is 7.81. The van der Waals surface area contributed by atoms with Gasteiger partial charge < -0.3 is 11.5 Å². The Kier molecular flexibility index (Phi) is 3.93. The molecule has 0 aliphatic rings. The molecule has 0 unspecified atom stereocenters. The maximum absolute atomic E-state index is 6.32. The SMILES string of the molecule is Cc1cc(C)cc(N=C(N)c2nnc3cc(C)cc(C)c3c2N)c1. The summed E-state index contributed by atoms with van der Waals surface area (Å²) in [6.45, 7) is 8.08. The zero-order chi connectivity index (χ0) is 17.4. The molecule has 0 saturated carbocycles. The van der Waals surface area contributed by atoms with E-state index in [0.29, 0.717) is 11.4 Å². The molecule has 0 saturated heterocycles. The van der Waals surface area contributed by atoms with E-state index < -0.39 is 0 Å². The Morgan fingerprint density at radius 2 is 1.50 bits per heavy atom. The highest BCUT2D eigenvalue weighted by Gasteiger charge is 2.13. The number of aryl methyl sites for hydroxylation is 4. The highest BCUT2D eigenvalue weighted by molar-refractivity contribution is 6.08. The molecule has 2 aromatic carbocycles. The summed E-state index contributed by atoms with van der Waals surface area (Å²) < 4.78 is 0. The van der Waals surface area contributed by atoms with Crippen LogP contribution in [-0.4, -0.2) is 16.0 Å². The molecule has 3 aromatic rings. The predicted octanol–water partition coefficient (Wildman–Crippen LogP) is 3.48. The number of nitrogen functional groups attached to an aromatic ring is 1. The number of hydrogen-bond acceptors (Lipinski definition) is 4. The minimum absolute atomic E-state index is 0.270. The lowest BCUT2D eigenvalue weighted by Gasteiger charge is -2.10. The van der Waals surface area contributed by atoms with Gasteiger partial charge in [-0.1, -0.05) is 12.1 Å². The van der Waals surface area contributed by atoms with E-state index in [1.165, 1.54) is 0 Å². The van der Waals surface area contributed by atoms with Crippen LogP contribution in [0.25, 0.3) is 10.9 Å². The Bertz CT molecular complexity index is 953. The van der Waals surface area contributed by atoms with E-state index in [0.717, 1.165) is 38.8 Å². The smallest absolute Gasteiger partial charge is 0.154 e. The molecule has 5 nitrogen and oxygen atoms in total. The lowest BCUT2D eigenvalue weighted by Crippen LogP contribution is -2.18. The molecule has 0 amide bonds. The van der Waals surface area contributed by atoms with Crippen LogP contribution in [0.4, 0.5) is 11.4 Å². The zero-order valence-corrected chi connectivity index (χ0v) is 14.4. The first-order chi connectivity index (χ1) is 11.3. The van der Waals surface area contributed by atoms with Gasteiger partial charge in [-0.2, -0.15) is 0 Å². The fourth-order valence-corrected chi connectivity index (χ4v) is 3.05. The van der Waals surface area contributed by atoms with Gasteiger partial charge in [-0.05, 0) is 68.1 Å². The molecule has 24 heavy (non-hydrogen) atoms. The predicted molar refractivity (Wildman–Crippen MR) is 99.7 cm³/mol. The monoisotopic (exact) mass is 319 g/mol. The first-order valence-electron chi connectivity index (χ1n) is 7.81. The van der Waals surface area contributed by atoms with E-state index >= 15 is 0 Å². The Morgan fingerprint density at radius 3 is 2.17 bits per heavy atom. The van der Waals surface area contributed by atoms with E-state index in [4.69, 9.17) is 11.5 Å². The van der Waals surface area contributed by atoms with Gasteiger partial charge in [0.1, 0.15) is 0 Å². The number of anilines is 1. The lowest BCUT2D eigenvalue weighted by molar-refractivity contribution is 1.06. The number of aromatic nitrogens is 2. The van der Waals surface area contributed by atoms with Crippen LogP contribution in [-0.2, 0) is 0 Å². The van der Waals surface area contributed by atoms with Crippen molar-refractivity contribution in [3.05, 3.63) is 58.3 Å².